The van der Waals surface area contributed by atoms with Gasteiger partial charge in [0.2, 0.25) is 0 Å². The minimum atomic E-state index is -0.263. The standard InChI is InChI=1S/C20H24N6O2/c1-13-10-25(7-6-21-13)15-4-5-16(17(8-15)28-3)20(27)24-18-12-26-11-14(2)23-19(26)9-22-18/h4-5,8-9,11-13,21H,6-7,10H2,1-3H3,(H,24,27). The van der Waals surface area contributed by atoms with Gasteiger partial charge < -0.3 is 24.7 Å². The molecule has 146 valence electrons. The van der Waals surface area contributed by atoms with Crippen LogP contribution >= 0.6 is 0 Å². The van der Waals surface area contributed by atoms with Crippen LogP contribution in [0.5, 0.6) is 5.75 Å². The van der Waals surface area contributed by atoms with Gasteiger partial charge >= 0.3 is 0 Å². The Hall–Kier alpha value is -3.13. The number of benzene rings is 1. The van der Waals surface area contributed by atoms with E-state index in [2.05, 4.69) is 32.4 Å². The lowest BCUT2D eigenvalue weighted by atomic mass is 10.1. The van der Waals surface area contributed by atoms with E-state index in [0.717, 1.165) is 36.7 Å². The van der Waals surface area contributed by atoms with Crippen molar-refractivity contribution in [2.75, 3.05) is 37.0 Å². The smallest absolute Gasteiger partial charge is 0.260 e. The Balaban J connectivity index is 1.55. The molecule has 1 aliphatic heterocycles. The van der Waals surface area contributed by atoms with Gasteiger partial charge in [-0.05, 0) is 26.0 Å². The van der Waals surface area contributed by atoms with E-state index in [9.17, 15) is 4.79 Å². The minimum Gasteiger partial charge on any atom is -0.496 e. The Morgan fingerprint density at radius 3 is 3.00 bits per heavy atom. The number of rotatable bonds is 4. The number of imidazole rings is 1. The molecule has 1 amide bonds. The molecule has 4 rings (SSSR count). The van der Waals surface area contributed by atoms with Crippen molar-refractivity contribution in [2.24, 2.45) is 0 Å². The van der Waals surface area contributed by atoms with Crippen molar-refractivity contribution in [3.05, 3.63) is 48.0 Å². The normalized spacial score (nSPS) is 17.0. The molecule has 1 aliphatic rings. The van der Waals surface area contributed by atoms with Crippen LogP contribution in [0, 0.1) is 6.92 Å². The topological polar surface area (TPSA) is 83.8 Å². The van der Waals surface area contributed by atoms with Crippen LogP contribution in [0.25, 0.3) is 5.65 Å². The van der Waals surface area contributed by atoms with E-state index in [1.807, 2.05) is 29.7 Å². The predicted octanol–water partition coefficient (Wildman–Crippen LogP) is 2.10. The molecule has 28 heavy (non-hydrogen) atoms. The first-order chi connectivity index (χ1) is 13.5. The molecule has 1 atom stereocenters. The number of aromatic nitrogens is 3. The molecular weight excluding hydrogens is 356 g/mol. The van der Waals surface area contributed by atoms with E-state index < -0.39 is 0 Å². The van der Waals surface area contributed by atoms with Crippen LogP contribution in [-0.2, 0) is 0 Å². The number of methoxy groups -OCH3 is 1. The minimum absolute atomic E-state index is 0.263. The van der Waals surface area contributed by atoms with Crippen LogP contribution in [0.15, 0.2) is 36.8 Å². The van der Waals surface area contributed by atoms with Gasteiger partial charge in [0.1, 0.15) is 11.6 Å². The lowest BCUT2D eigenvalue weighted by Crippen LogP contribution is -2.49. The number of anilines is 2. The van der Waals surface area contributed by atoms with Gasteiger partial charge in [0.15, 0.2) is 5.65 Å². The fraction of sp³-hybridized carbons (Fsp3) is 0.350. The second-order valence-electron chi connectivity index (χ2n) is 7.06. The van der Waals surface area contributed by atoms with Gasteiger partial charge in [-0.2, -0.15) is 0 Å². The molecule has 1 saturated heterocycles. The number of amides is 1. The first-order valence-corrected chi connectivity index (χ1v) is 9.32. The average molecular weight is 380 g/mol. The third-order valence-corrected chi connectivity index (χ3v) is 4.87. The third-order valence-electron chi connectivity index (χ3n) is 4.87. The molecule has 2 aromatic heterocycles. The zero-order valence-corrected chi connectivity index (χ0v) is 16.3. The van der Waals surface area contributed by atoms with Crippen molar-refractivity contribution in [1.29, 1.82) is 0 Å². The average Bonchev–Trinajstić information content (AvgIpc) is 3.06. The molecule has 1 fully saturated rings. The first-order valence-electron chi connectivity index (χ1n) is 9.32. The molecule has 0 aliphatic carbocycles. The number of carbonyl (C=O) groups excluding carboxylic acids is 1. The monoisotopic (exact) mass is 380 g/mol. The predicted molar refractivity (Wildman–Crippen MR) is 108 cm³/mol. The molecule has 1 unspecified atom stereocenters. The number of hydrogen-bond donors (Lipinski definition) is 2. The lowest BCUT2D eigenvalue weighted by molar-refractivity contribution is 0.102. The summed E-state index contributed by atoms with van der Waals surface area (Å²) in [6.45, 7) is 6.86. The maximum Gasteiger partial charge on any atom is 0.260 e. The summed E-state index contributed by atoms with van der Waals surface area (Å²) in [4.78, 5) is 23.7. The molecule has 2 N–H and O–H groups in total. The van der Waals surface area contributed by atoms with Crippen molar-refractivity contribution in [3.8, 4) is 5.75 Å². The molecule has 0 bridgehead atoms. The van der Waals surface area contributed by atoms with Crippen LogP contribution in [0.1, 0.15) is 23.0 Å². The van der Waals surface area contributed by atoms with Crippen molar-refractivity contribution in [2.45, 2.75) is 19.9 Å². The lowest BCUT2D eigenvalue weighted by Gasteiger charge is -2.34. The Kier molecular flexibility index (Phi) is 4.87. The van der Waals surface area contributed by atoms with Crippen LogP contribution in [0.3, 0.4) is 0 Å². The molecule has 3 aromatic rings. The van der Waals surface area contributed by atoms with Crippen molar-refractivity contribution in [3.63, 3.8) is 0 Å². The highest BCUT2D eigenvalue weighted by Crippen LogP contribution is 2.27. The molecule has 0 saturated carbocycles. The summed E-state index contributed by atoms with van der Waals surface area (Å²) in [5, 5.41) is 6.27. The molecule has 8 nitrogen and oxygen atoms in total. The summed E-state index contributed by atoms with van der Waals surface area (Å²) in [5.41, 5.74) is 3.15. The maximum absolute atomic E-state index is 12.8. The highest BCUT2D eigenvalue weighted by molar-refractivity contribution is 6.06. The van der Waals surface area contributed by atoms with Gasteiger partial charge in [0.25, 0.3) is 5.91 Å². The Morgan fingerprint density at radius 2 is 2.21 bits per heavy atom. The van der Waals surface area contributed by atoms with E-state index >= 15 is 0 Å². The highest BCUT2D eigenvalue weighted by Gasteiger charge is 2.19. The van der Waals surface area contributed by atoms with Crippen molar-refractivity contribution >= 4 is 23.1 Å². The van der Waals surface area contributed by atoms with Gasteiger partial charge in [0.05, 0.1) is 30.8 Å². The number of fused-ring (bicyclic) bond motifs is 1. The summed E-state index contributed by atoms with van der Waals surface area (Å²) in [7, 11) is 1.58. The second-order valence-corrected chi connectivity index (χ2v) is 7.06. The van der Waals surface area contributed by atoms with Crippen LogP contribution in [0.4, 0.5) is 11.5 Å². The zero-order chi connectivity index (χ0) is 19.7. The number of aryl methyl sites for hydroxylation is 1. The highest BCUT2D eigenvalue weighted by atomic mass is 16.5. The summed E-state index contributed by atoms with van der Waals surface area (Å²) < 4.78 is 7.33. The van der Waals surface area contributed by atoms with Crippen LogP contribution in [0.2, 0.25) is 0 Å². The van der Waals surface area contributed by atoms with Gasteiger partial charge in [-0.1, -0.05) is 0 Å². The van der Waals surface area contributed by atoms with Gasteiger partial charge in [-0.15, -0.1) is 0 Å². The fourth-order valence-corrected chi connectivity index (χ4v) is 3.51. The van der Waals surface area contributed by atoms with Crippen molar-refractivity contribution < 1.29 is 9.53 Å². The Labute approximate surface area is 163 Å². The third kappa shape index (κ3) is 3.63. The summed E-state index contributed by atoms with van der Waals surface area (Å²) in [5.74, 6) is 0.735. The summed E-state index contributed by atoms with van der Waals surface area (Å²) in [6.07, 6.45) is 5.27. The SMILES string of the molecule is COc1cc(N2CCNC(C)C2)ccc1C(=O)Nc1cn2cc(C)nc2cn1. The zero-order valence-electron chi connectivity index (χ0n) is 16.3. The van der Waals surface area contributed by atoms with Crippen LogP contribution in [-0.4, -0.2) is 53.1 Å². The van der Waals surface area contributed by atoms with Gasteiger partial charge in [0, 0.05) is 43.6 Å². The molecule has 8 heteroatoms. The van der Waals surface area contributed by atoms with E-state index in [1.54, 1.807) is 25.6 Å². The van der Waals surface area contributed by atoms with E-state index in [-0.39, 0.29) is 5.91 Å². The first kappa shape index (κ1) is 18.2. The second kappa shape index (κ2) is 7.47. The largest absolute Gasteiger partial charge is 0.496 e. The van der Waals surface area contributed by atoms with E-state index in [1.165, 1.54) is 0 Å². The number of nitrogens with one attached hydrogen (secondary N) is 2. The molecule has 1 aromatic carbocycles. The van der Waals surface area contributed by atoms with Gasteiger partial charge in [-0.3, -0.25) is 4.79 Å². The fourth-order valence-electron chi connectivity index (χ4n) is 3.51. The van der Waals surface area contributed by atoms with Crippen molar-refractivity contribution in [1.82, 2.24) is 19.7 Å². The Bertz CT molecular complexity index is 1020. The molecular formula is C20H24N6O2. The Morgan fingerprint density at radius 1 is 1.36 bits per heavy atom. The number of hydrogen-bond acceptors (Lipinski definition) is 6. The van der Waals surface area contributed by atoms with Gasteiger partial charge in [-0.25, -0.2) is 9.97 Å². The summed E-state index contributed by atoms with van der Waals surface area (Å²) in [6, 6.07) is 6.11. The number of ether oxygens (including phenoxy) is 1. The van der Waals surface area contributed by atoms with E-state index in [0.29, 0.717) is 23.2 Å². The molecule has 0 radical (unpaired) electrons. The molecule has 3 heterocycles. The number of piperazine rings is 1. The maximum atomic E-state index is 12.8. The molecule has 0 spiro atoms. The quantitative estimate of drug-likeness (QED) is 0.721. The number of carbonyl (C=O) groups is 1. The van der Waals surface area contributed by atoms with Crippen LogP contribution < -0.4 is 20.3 Å². The number of nitrogens with zero attached hydrogens (tertiary/aromatic N) is 4. The van der Waals surface area contributed by atoms with E-state index in [4.69, 9.17) is 4.74 Å². The summed E-state index contributed by atoms with van der Waals surface area (Å²) >= 11 is 0.